The molecule has 4 fully saturated rings. The third-order valence-corrected chi connectivity index (χ3v) is 9.49. The molecule has 140 valence electrons. The first-order valence-corrected chi connectivity index (χ1v) is 10.6. The molecule has 10 atom stereocenters. The van der Waals surface area contributed by atoms with Gasteiger partial charge in [0.1, 0.15) is 0 Å². The van der Waals surface area contributed by atoms with E-state index in [0.29, 0.717) is 23.2 Å². The Bertz CT molecular complexity index is 571. The first kappa shape index (κ1) is 17.8. The number of aliphatic hydroxyl groups is 2. The highest BCUT2D eigenvalue weighted by Gasteiger charge is 2.62. The Morgan fingerprint density at radius 2 is 1.68 bits per heavy atom. The fourth-order valence-electron chi connectivity index (χ4n) is 8.27. The van der Waals surface area contributed by atoms with E-state index in [1.807, 2.05) is 6.92 Å². The van der Waals surface area contributed by atoms with Crippen molar-refractivity contribution in [1.82, 2.24) is 0 Å². The van der Waals surface area contributed by atoms with E-state index in [-0.39, 0.29) is 29.5 Å². The molecule has 0 aliphatic heterocycles. The van der Waals surface area contributed by atoms with Crippen LogP contribution in [0.15, 0.2) is 0 Å². The maximum atomic E-state index is 10.8. The summed E-state index contributed by atoms with van der Waals surface area (Å²) in [7, 11) is 0. The Kier molecular flexibility index (Phi) is 4.25. The first-order chi connectivity index (χ1) is 11.8. The second-order valence-electron chi connectivity index (χ2n) is 10.4. The third-order valence-electron chi connectivity index (χ3n) is 9.49. The number of nitriles is 1. The average Bonchev–Trinajstić information content (AvgIpc) is 2.85. The van der Waals surface area contributed by atoms with Gasteiger partial charge < -0.3 is 10.2 Å². The van der Waals surface area contributed by atoms with Crippen LogP contribution in [0.3, 0.4) is 0 Å². The summed E-state index contributed by atoms with van der Waals surface area (Å²) in [6.45, 7) is 6.89. The van der Waals surface area contributed by atoms with Crippen molar-refractivity contribution >= 4 is 0 Å². The van der Waals surface area contributed by atoms with Crippen molar-refractivity contribution in [2.24, 2.45) is 46.3 Å². The van der Waals surface area contributed by atoms with Gasteiger partial charge in [0.2, 0.25) is 0 Å². The maximum absolute atomic E-state index is 10.8. The van der Waals surface area contributed by atoms with Crippen molar-refractivity contribution in [3.63, 3.8) is 0 Å². The lowest BCUT2D eigenvalue weighted by Gasteiger charge is -2.61. The number of hydrogen-bond donors (Lipinski definition) is 2. The van der Waals surface area contributed by atoms with E-state index in [0.717, 1.165) is 31.6 Å². The summed E-state index contributed by atoms with van der Waals surface area (Å²) < 4.78 is 0. The van der Waals surface area contributed by atoms with E-state index in [2.05, 4.69) is 19.9 Å². The lowest BCUT2D eigenvalue weighted by molar-refractivity contribution is -0.128. The van der Waals surface area contributed by atoms with Gasteiger partial charge in [0.05, 0.1) is 18.3 Å². The smallest absolute Gasteiger partial charge is 0.0657 e. The molecular weight excluding hydrogens is 310 g/mol. The lowest BCUT2D eigenvalue weighted by Crippen LogP contribution is -2.54. The summed E-state index contributed by atoms with van der Waals surface area (Å²) in [4.78, 5) is 0. The summed E-state index contributed by atoms with van der Waals surface area (Å²) in [5.74, 6) is 2.80. The van der Waals surface area contributed by atoms with Crippen LogP contribution in [0.4, 0.5) is 0 Å². The van der Waals surface area contributed by atoms with Crippen molar-refractivity contribution in [3.8, 4) is 6.07 Å². The van der Waals surface area contributed by atoms with Gasteiger partial charge >= 0.3 is 0 Å². The van der Waals surface area contributed by atoms with Crippen LogP contribution >= 0.6 is 0 Å². The van der Waals surface area contributed by atoms with Crippen LogP contribution in [0, 0.1) is 57.7 Å². The molecule has 4 aliphatic carbocycles. The van der Waals surface area contributed by atoms with Crippen molar-refractivity contribution in [1.29, 1.82) is 5.26 Å². The Labute approximate surface area is 152 Å². The Balaban J connectivity index is 1.63. The quantitative estimate of drug-likeness (QED) is 0.751. The summed E-state index contributed by atoms with van der Waals surface area (Å²) in [6, 6.07) is 2.44. The third kappa shape index (κ3) is 2.43. The van der Waals surface area contributed by atoms with Gasteiger partial charge in [0.25, 0.3) is 0 Å². The predicted octanol–water partition coefficient (Wildman–Crippen LogP) is 4.14. The first-order valence-electron chi connectivity index (χ1n) is 10.6. The largest absolute Gasteiger partial charge is 0.393 e. The molecule has 0 aromatic carbocycles. The maximum Gasteiger partial charge on any atom is 0.0657 e. The van der Waals surface area contributed by atoms with E-state index in [1.54, 1.807) is 0 Å². The summed E-state index contributed by atoms with van der Waals surface area (Å²) >= 11 is 0. The van der Waals surface area contributed by atoms with Crippen molar-refractivity contribution in [2.45, 2.75) is 84.3 Å². The number of rotatable bonds is 1. The highest BCUT2D eigenvalue weighted by atomic mass is 16.3. The average molecular weight is 346 g/mol. The molecule has 0 aromatic heterocycles. The number of aliphatic hydroxyl groups excluding tert-OH is 2. The lowest BCUT2D eigenvalue weighted by atomic mass is 9.44. The molecule has 0 heterocycles. The second kappa shape index (κ2) is 5.96. The normalized spacial score (nSPS) is 56.2. The summed E-state index contributed by atoms with van der Waals surface area (Å²) in [6.07, 6.45) is 8.57. The van der Waals surface area contributed by atoms with Gasteiger partial charge in [-0.25, -0.2) is 0 Å². The van der Waals surface area contributed by atoms with Crippen LogP contribution < -0.4 is 0 Å². The highest BCUT2D eigenvalue weighted by molar-refractivity contribution is 5.13. The van der Waals surface area contributed by atoms with Gasteiger partial charge in [-0.05, 0) is 92.8 Å². The standard InChI is InChI=1S/C22H35NO2/c1-13(12-23)20-19(25)11-18-16-5-4-14-10-15(24)6-8-21(14,2)17(16)7-9-22(18,20)3/h13-20,24-25H,4-11H2,1-3H3/t13-,14+,15+,16-,17+,18+,19+,20+,21+,22+/m1/s1. The van der Waals surface area contributed by atoms with Crippen LogP contribution in [-0.2, 0) is 0 Å². The molecule has 0 radical (unpaired) electrons. The van der Waals surface area contributed by atoms with Crippen molar-refractivity contribution in [2.75, 3.05) is 0 Å². The minimum atomic E-state index is -0.304. The van der Waals surface area contributed by atoms with Gasteiger partial charge in [-0.15, -0.1) is 0 Å². The fourth-order valence-corrected chi connectivity index (χ4v) is 8.27. The molecule has 0 unspecified atom stereocenters. The molecule has 0 spiro atoms. The molecule has 4 aliphatic rings. The molecule has 4 saturated carbocycles. The van der Waals surface area contributed by atoms with Gasteiger partial charge in [-0.3, -0.25) is 0 Å². The van der Waals surface area contributed by atoms with Crippen molar-refractivity contribution in [3.05, 3.63) is 0 Å². The minimum absolute atomic E-state index is 0.0571. The van der Waals surface area contributed by atoms with E-state index < -0.39 is 0 Å². The fraction of sp³-hybridized carbons (Fsp3) is 0.955. The highest BCUT2D eigenvalue weighted by Crippen LogP contribution is 2.68. The van der Waals surface area contributed by atoms with Crippen LogP contribution in [0.5, 0.6) is 0 Å². The van der Waals surface area contributed by atoms with Gasteiger partial charge in [-0.1, -0.05) is 13.8 Å². The minimum Gasteiger partial charge on any atom is -0.393 e. The van der Waals surface area contributed by atoms with Crippen LogP contribution in [-0.4, -0.2) is 22.4 Å². The topological polar surface area (TPSA) is 64.2 Å². The molecule has 3 heteroatoms. The van der Waals surface area contributed by atoms with Gasteiger partial charge in [0.15, 0.2) is 0 Å². The molecule has 3 nitrogen and oxygen atoms in total. The molecule has 25 heavy (non-hydrogen) atoms. The molecule has 2 N–H and O–H groups in total. The number of nitrogens with zero attached hydrogens (tertiary/aromatic N) is 1. The zero-order valence-corrected chi connectivity index (χ0v) is 16.1. The molecular formula is C22H35NO2. The summed E-state index contributed by atoms with van der Waals surface area (Å²) in [5, 5.41) is 30.5. The number of fused-ring (bicyclic) bond motifs is 5. The Morgan fingerprint density at radius 3 is 2.40 bits per heavy atom. The molecule has 0 bridgehead atoms. The second-order valence-corrected chi connectivity index (χ2v) is 10.4. The van der Waals surface area contributed by atoms with E-state index >= 15 is 0 Å². The van der Waals surface area contributed by atoms with E-state index in [1.165, 1.54) is 25.7 Å². The van der Waals surface area contributed by atoms with E-state index in [4.69, 9.17) is 0 Å². The Morgan fingerprint density at radius 1 is 0.960 bits per heavy atom. The van der Waals surface area contributed by atoms with Crippen LogP contribution in [0.1, 0.15) is 72.1 Å². The summed E-state index contributed by atoms with van der Waals surface area (Å²) in [5.41, 5.74) is 0.514. The molecule has 0 aromatic rings. The molecule has 0 saturated heterocycles. The Hall–Kier alpha value is -0.590. The zero-order valence-electron chi connectivity index (χ0n) is 16.1. The van der Waals surface area contributed by atoms with Crippen LogP contribution in [0.2, 0.25) is 0 Å². The molecule has 4 rings (SSSR count). The monoisotopic (exact) mass is 345 g/mol. The van der Waals surface area contributed by atoms with Crippen molar-refractivity contribution < 1.29 is 10.2 Å². The number of hydrogen-bond acceptors (Lipinski definition) is 3. The molecule has 0 amide bonds. The van der Waals surface area contributed by atoms with E-state index in [9.17, 15) is 15.5 Å². The predicted molar refractivity (Wildman–Crippen MR) is 97.4 cm³/mol. The van der Waals surface area contributed by atoms with Gasteiger partial charge in [-0.2, -0.15) is 5.26 Å². The zero-order chi connectivity index (χ0) is 18.0. The van der Waals surface area contributed by atoms with Gasteiger partial charge in [0, 0.05) is 11.8 Å². The SMILES string of the molecule is C[C@H](C#N)[C@H]1[C@@H](O)C[C@H]2[C@@H]3CC[C@H]4C[C@@H](O)CC[C@]4(C)[C@H]3CC[C@]12C. The van der Waals surface area contributed by atoms with Crippen LogP contribution in [0.25, 0.3) is 0 Å².